The molecule has 3 nitrogen and oxygen atoms in total. The van der Waals surface area contributed by atoms with E-state index in [2.05, 4.69) is 22.8 Å². The van der Waals surface area contributed by atoms with Gasteiger partial charge < -0.3 is 10.6 Å². The van der Waals surface area contributed by atoms with Gasteiger partial charge in [-0.2, -0.15) is 0 Å². The van der Waals surface area contributed by atoms with Gasteiger partial charge in [0.15, 0.2) is 0 Å². The van der Waals surface area contributed by atoms with Crippen molar-refractivity contribution < 1.29 is 4.79 Å². The van der Waals surface area contributed by atoms with Crippen molar-refractivity contribution in [2.75, 3.05) is 6.54 Å². The summed E-state index contributed by atoms with van der Waals surface area (Å²) in [5.74, 6) is 0.550. The predicted molar refractivity (Wildman–Crippen MR) is 55.2 cm³/mol. The molecule has 0 saturated carbocycles. The van der Waals surface area contributed by atoms with Crippen LogP contribution in [-0.2, 0) is 4.79 Å². The number of nitrogens with one attached hydrogen (secondary N) is 2. The summed E-state index contributed by atoms with van der Waals surface area (Å²) in [7, 11) is 0. The van der Waals surface area contributed by atoms with E-state index in [-0.39, 0.29) is 0 Å². The van der Waals surface area contributed by atoms with Gasteiger partial charge >= 0.3 is 0 Å². The second-order valence-electron chi connectivity index (χ2n) is 3.60. The summed E-state index contributed by atoms with van der Waals surface area (Å²) >= 11 is 0. The first-order valence-corrected chi connectivity index (χ1v) is 4.91. The smallest absolute Gasteiger partial charge is 0.211 e. The largest absolute Gasteiger partial charge is 0.391 e. The summed E-state index contributed by atoms with van der Waals surface area (Å²) in [6, 6.07) is 0. The fraction of sp³-hybridized carbons (Fsp3) is 0.364. The first kappa shape index (κ1) is 9.06. The Morgan fingerprint density at radius 2 is 2.43 bits per heavy atom. The maximum atomic E-state index is 10.3. The van der Waals surface area contributed by atoms with Gasteiger partial charge in [0.2, 0.25) is 6.41 Å². The van der Waals surface area contributed by atoms with Crippen LogP contribution in [0.1, 0.15) is 12.8 Å². The molecule has 1 aliphatic heterocycles. The third kappa shape index (κ3) is 1.87. The van der Waals surface area contributed by atoms with Crippen LogP contribution in [0.25, 0.3) is 0 Å². The third-order valence-corrected chi connectivity index (χ3v) is 2.69. The summed E-state index contributed by atoms with van der Waals surface area (Å²) in [5.41, 5.74) is 2.37. The second kappa shape index (κ2) is 4.13. The molecule has 2 aliphatic rings. The van der Waals surface area contributed by atoms with Gasteiger partial charge in [0.25, 0.3) is 0 Å². The molecule has 0 fully saturated rings. The van der Waals surface area contributed by atoms with Crippen LogP contribution in [-0.4, -0.2) is 13.0 Å². The van der Waals surface area contributed by atoms with E-state index in [9.17, 15) is 4.79 Å². The Morgan fingerprint density at radius 3 is 3.29 bits per heavy atom. The van der Waals surface area contributed by atoms with E-state index in [1.54, 1.807) is 0 Å². The Morgan fingerprint density at radius 1 is 1.50 bits per heavy atom. The molecule has 0 saturated heterocycles. The van der Waals surface area contributed by atoms with Gasteiger partial charge in [0.05, 0.1) is 0 Å². The molecule has 0 aromatic rings. The van der Waals surface area contributed by atoms with E-state index in [1.165, 1.54) is 5.57 Å². The molecule has 1 atom stereocenters. The molecular weight excluding hydrogens is 176 g/mol. The average molecular weight is 190 g/mol. The van der Waals surface area contributed by atoms with Crippen LogP contribution in [0.15, 0.2) is 35.7 Å². The van der Waals surface area contributed by atoms with E-state index in [1.807, 2.05) is 12.3 Å². The molecule has 2 N–H and O–H groups in total. The van der Waals surface area contributed by atoms with Gasteiger partial charge in [0, 0.05) is 12.2 Å². The normalized spacial score (nSPS) is 25.0. The van der Waals surface area contributed by atoms with Gasteiger partial charge in [-0.1, -0.05) is 6.08 Å². The Labute approximate surface area is 83.6 Å². The summed E-state index contributed by atoms with van der Waals surface area (Å²) in [6.07, 6.45) is 11.0. The molecule has 0 aromatic heterocycles. The molecule has 14 heavy (non-hydrogen) atoms. The maximum Gasteiger partial charge on any atom is 0.211 e. The molecule has 1 aliphatic carbocycles. The third-order valence-electron chi connectivity index (χ3n) is 2.69. The molecule has 0 spiro atoms. The van der Waals surface area contributed by atoms with Gasteiger partial charge in [0.1, 0.15) is 0 Å². The minimum absolute atomic E-state index is 0.550. The minimum Gasteiger partial charge on any atom is -0.391 e. The monoisotopic (exact) mass is 190 g/mol. The SMILES string of the molecule is O=CNC1=CC=C2C=CNCCC2C1. The van der Waals surface area contributed by atoms with E-state index >= 15 is 0 Å². The van der Waals surface area contributed by atoms with Crippen LogP contribution in [0.5, 0.6) is 0 Å². The van der Waals surface area contributed by atoms with Crippen LogP contribution in [0, 0.1) is 5.92 Å². The molecule has 0 aromatic carbocycles. The average Bonchev–Trinajstić information content (AvgIpc) is 2.42. The Kier molecular flexibility index (Phi) is 2.68. The highest BCUT2D eigenvalue weighted by molar-refractivity contribution is 5.51. The predicted octanol–water partition coefficient (Wildman–Crippen LogP) is 1.07. The summed E-state index contributed by atoms with van der Waals surface area (Å²) in [6.45, 7) is 1.01. The highest BCUT2D eigenvalue weighted by Crippen LogP contribution is 2.28. The van der Waals surface area contributed by atoms with Crippen molar-refractivity contribution in [2.45, 2.75) is 12.8 Å². The maximum absolute atomic E-state index is 10.3. The Bertz CT molecular complexity index is 315. The lowest BCUT2D eigenvalue weighted by molar-refractivity contribution is -0.109. The molecule has 0 radical (unpaired) electrons. The molecule has 1 heterocycles. The van der Waals surface area contributed by atoms with Crippen LogP contribution < -0.4 is 10.6 Å². The van der Waals surface area contributed by atoms with Crippen LogP contribution in [0.4, 0.5) is 0 Å². The molecular formula is C11H14N2O. The lowest BCUT2D eigenvalue weighted by Gasteiger charge is -2.21. The van der Waals surface area contributed by atoms with E-state index in [0.717, 1.165) is 31.5 Å². The van der Waals surface area contributed by atoms with Gasteiger partial charge in [-0.05, 0) is 42.7 Å². The van der Waals surface area contributed by atoms with Crippen LogP contribution in [0.3, 0.4) is 0 Å². The summed E-state index contributed by atoms with van der Waals surface area (Å²) in [4.78, 5) is 10.3. The quantitative estimate of drug-likeness (QED) is 0.639. The minimum atomic E-state index is 0.550. The fourth-order valence-electron chi connectivity index (χ4n) is 1.92. The van der Waals surface area contributed by atoms with Crippen molar-refractivity contribution in [3.8, 4) is 0 Å². The van der Waals surface area contributed by atoms with E-state index in [4.69, 9.17) is 0 Å². The number of allylic oxidation sites excluding steroid dienone is 5. The first-order valence-electron chi connectivity index (χ1n) is 4.91. The highest BCUT2D eigenvalue weighted by atomic mass is 16.1. The second-order valence-corrected chi connectivity index (χ2v) is 3.60. The zero-order valence-corrected chi connectivity index (χ0v) is 7.99. The van der Waals surface area contributed by atoms with Crippen molar-refractivity contribution in [3.63, 3.8) is 0 Å². The molecule has 0 bridgehead atoms. The molecule has 2 rings (SSSR count). The Hall–Kier alpha value is -1.51. The highest BCUT2D eigenvalue weighted by Gasteiger charge is 2.18. The lowest BCUT2D eigenvalue weighted by Crippen LogP contribution is -2.18. The van der Waals surface area contributed by atoms with Crippen molar-refractivity contribution in [2.24, 2.45) is 5.92 Å². The van der Waals surface area contributed by atoms with Gasteiger partial charge in [-0.25, -0.2) is 0 Å². The molecule has 1 amide bonds. The number of fused-ring (bicyclic) bond motifs is 1. The number of amides is 1. The number of carbonyl (C=O) groups excluding carboxylic acids is 1. The Balaban J connectivity index is 2.15. The van der Waals surface area contributed by atoms with Crippen molar-refractivity contribution in [1.82, 2.24) is 10.6 Å². The fourth-order valence-corrected chi connectivity index (χ4v) is 1.92. The van der Waals surface area contributed by atoms with Crippen molar-refractivity contribution >= 4 is 6.41 Å². The molecule has 3 heteroatoms. The van der Waals surface area contributed by atoms with E-state index < -0.39 is 0 Å². The van der Waals surface area contributed by atoms with Gasteiger partial charge in [-0.3, -0.25) is 4.79 Å². The summed E-state index contributed by atoms with van der Waals surface area (Å²) in [5, 5.41) is 5.95. The lowest BCUT2D eigenvalue weighted by atomic mass is 9.87. The molecule has 74 valence electrons. The van der Waals surface area contributed by atoms with Crippen molar-refractivity contribution in [1.29, 1.82) is 0 Å². The molecule has 1 unspecified atom stereocenters. The van der Waals surface area contributed by atoms with Crippen molar-refractivity contribution in [3.05, 3.63) is 35.7 Å². The van der Waals surface area contributed by atoms with Crippen LogP contribution in [0.2, 0.25) is 0 Å². The first-order chi connectivity index (χ1) is 6.90. The van der Waals surface area contributed by atoms with Gasteiger partial charge in [-0.15, -0.1) is 0 Å². The van der Waals surface area contributed by atoms with E-state index in [0.29, 0.717) is 5.92 Å². The number of hydrogen-bond donors (Lipinski definition) is 2. The number of hydrogen-bond acceptors (Lipinski definition) is 2. The standard InChI is InChI=1S/C11H14N2O/c14-8-13-11-2-1-9-3-5-12-6-4-10(9)7-11/h1-3,5,8,10,12H,4,6-7H2,(H,13,14). The van der Waals surface area contributed by atoms with Crippen LogP contribution >= 0.6 is 0 Å². The zero-order chi connectivity index (χ0) is 9.80. The zero-order valence-electron chi connectivity index (χ0n) is 7.99. The number of carbonyl (C=O) groups is 1. The number of rotatable bonds is 2. The topological polar surface area (TPSA) is 41.1 Å². The summed E-state index contributed by atoms with van der Waals surface area (Å²) < 4.78 is 0.